The van der Waals surface area contributed by atoms with Crippen LogP contribution in [-0.4, -0.2) is 9.13 Å². The normalized spacial score (nSPS) is 11.5. The molecule has 7 aromatic rings. The van der Waals surface area contributed by atoms with Crippen molar-refractivity contribution < 1.29 is 0 Å². The van der Waals surface area contributed by atoms with Gasteiger partial charge in [0.25, 0.3) is 0 Å². The summed E-state index contributed by atoms with van der Waals surface area (Å²) >= 11 is 0. The number of hydrogen-bond acceptors (Lipinski definition) is 0. The lowest BCUT2D eigenvalue weighted by Crippen LogP contribution is -1.97. The van der Waals surface area contributed by atoms with Crippen LogP contribution in [0.3, 0.4) is 0 Å². The number of para-hydroxylation sites is 5. The number of rotatable bonds is 3. The Kier molecular flexibility index (Phi) is 4.18. The van der Waals surface area contributed by atoms with Crippen molar-refractivity contribution in [2.24, 2.45) is 0 Å². The van der Waals surface area contributed by atoms with Crippen molar-refractivity contribution in [3.05, 3.63) is 134 Å². The van der Waals surface area contributed by atoms with E-state index >= 15 is 0 Å². The minimum absolute atomic E-state index is 1.17. The van der Waals surface area contributed by atoms with Crippen molar-refractivity contribution in [3.8, 4) is 22.5 Å². The molecule has 0 amide bonds. The van der Waals surface area contributed by atoms with Gasteiger partial charge in [-0.15, -0.1) is 0 Å². The molecule has 0 saturated carbocycles. The summed E-state index contributed by atoms with van der Waals surface area (Å²) in [6.45, 7) is 0. The summed E-state index contributed by atoms with van der Waals surface area (Å²) in [6.07, 6.45) is 2.18. The molecule has 0 aliphatic rings. The van der Waals surface area contributed by atoms with Crippen LogP contribution in [-0.2, 0) is 0 Å². The maximum Gasteiger partial charge on any atom is 0.0620 e. The number of nitrogens with zero attached hydrogens (tertiary/aromatic N) is 2. The topological polar surface area (TPSA) is 9.86 Å². The Morgan fingerprint density at radius 2 is 1.03 bits per heavy atom. The van der Waals surface area contributed by atoms with Gasteiger partial charge in [-0.05, 0) is 36.4 Å². The highest BCUT2D eigenvalue weighted by atomic mass is 15.0. The lowest BCUT2D eigenvalue weighted by molar-refractivity contribution is 1.13. The van der Waals surface area contributed by atoms with E-state index in [0.717, 1.165) is 0 Å². The molecule has 2 heterocycles. The Morgan fingerprint density at radius 1 is 0.412 bits per heavy atom. The first-order valence-electron chi connectivity index (χ1n) is 11.6. The van der Waals surface area contributed by atoms with Crippen LogP contribution in [0.1, 0.15) is 0 Å². The van der Waals surface area contributed by atoms with Gasteiger partial charge in [0.15, 0.2) is 0 Å². The van der Waals surface area contributed by atoms with Crippen LogP contribution in [0.4, 0.5) is 0 Å². The molecule has 0 atom stereocenters. The van der Waals surface area contributed by atoms with E-state index in [4.69, 9.17) is 0 Å². The van der Waals surface area contributed by atoms with Crippen molar-refractivity contribution in [2.75, 3.05) is 0 Å². The van der Waals surface area contributed by atoms with E-state index in [1.165, 1.54) is 55.2 Å². The van der Waals surface area contributed by atoms with Gasteiger partial charge in [-0.3, -0.25) is 0 Å². The van der Waals surface area contributed by atoms with Crippen LogP contribution in [0.25, 0.3) is 55.2 Å². The molecule has 5 aromatic carbocycles. The highest BCUT2D eigenvalue weighted by Crippen LogP contribution is 2.40. The van der Waals surface area contributed by atoms with Crippen LogP contribution in [0, 0.1) is 0 Å². The molecule has 7 rings (SSSR count). The van der Waals surface area contributed by atoms with Gasteiger partial charge in [-0.25, -0.2) is 0 Å². The zero-order chi connectivity index (χ0) is 22.5. The standard InChI is InChI=1S/C32H22N2/c1-3-12-24(13-4-1)33-22-21-23-11-9-17-28(31(23)33)29-19-10-18-27-26-16-7-8-20-30(26)34(32(27)29)25-14-5-2-6-15-25/h1-22H. The second kappa shape index (κ2) is 7.50. The van der Waals surface area contributed by atoms with E-state index in [2.05, 4.69) is 143 Å². The second-order valence-electron chi connectivity index (χ2n) is 8.65. The maximum absolute atomic E-state index is 2.41. The van der Waals surface area contributed by atoms with E-state index in [1.807, 2.05) is 0 Å². The van der Waals surface area contributed by atoms with Gasteiger partial charge < -0.3 is 9.13 Å². The van der Waals surface area contributed by atoms with Crippen molar-refractivity contribution in [3.63, 3.8) is 0 Å². The number of hydrogen-bond donors (Lipinski definition) is 0. The van der Waals surface area contributed by atoms with Gasteiger partial charge in [0.2, 0.25) is 0 Å². The van der Waals surface area contributed by atoms with Crippen molar-refractivity contribution in [2.45, 2.75) is 0 Å². The van der Waals surface area contributed by atoms with Crippen molar-refractivity contribution >= 4 is 32.7 Å². The number of benzene rings is 5. The van der Waals surface area contributed by atoms with Crippen molar-refractivity contribution in [1.82, 2.24) is 9.13 Å². The summed E-state index contributed by atoms with van der Waals surface area (Å²) in [7, 11) is 0. The SMILES string of the molecule is c1ccc(-n2ccc3cccc(-c4cccc5c6ccccc6n(-c6ccccc6)c45)c32)cc1. The molecule has 0 spiro atoms. The number of fused-ring (bicyclic) bond motifs is 4. The molecular formula is C32H22N2. The fraction of sp³-hybridized carbons (Fsp3) is 0. The zero-order valence-corrected chi connectivity index (χ0v) is 18.6. The predicted octanol–water partition coefficient (Wildman–Crippen LogP) is 8.39. The molecule has 0 N–H and O–H groups in total. The first-order valence-corrected chi connectivity index (χ1v) is 11.6. The molecule has 160 valence electrons. The first-order chi connectivity index (χ1) is 16.9. The minimum Gasteiger partial charge on any atom is -0.316 e. The largest absolute Gasteiger partial charge is 0.316 e. The zero-order valence-electron chi connectivity index (χ0n) is 18.6. The summed E-state index contributed by atoms with van der Waals surface area (Å²) in [5, 5.41) is 3.78. The molecule has 2 heteroatoms. The van der Waals surface area contributed by atoms with Crippen LogP contribution < -0.4 is 0 Å². The average Bonchev–Trinajstić information content (AvgIpc) is 3.49. The molecule has 34 heavy (non-hydrogen) atoms. The van der Waals surface area contributed by atoms with E-state index in [0.29, 0.717) is 0 Å². The molecule has 0 aliphatic carbocycles. The van der Waals surface area contributed by atoms with E-state index in [1.54, 1.807) is 0 Å². The Labute approximate surface area is 197 Å². The fourth-order valence-corrected chi connectivity index (χ4v) is 5.30. The summed E-state index contributed by atoms with van der Waals surface area (Å²) < 4.78 is 4.72. The van der Waals surface area contributed by atoms with E-state index in [9.17, 15) is 0 Å². The quantitative estimate of drug-likeness (QED) is 0.264. The Morgan fingerprint density at radius 3 is 1.82 bits per heavy atom. The summed E-state index contributed by atoms with van der Waals surface area (Å²) in [6, 6.07) is 45.5. The monoisotopic (exact) mass is 434 g/mol. The van der Waals surface area contributed by atoms with Crippen LogP contribution >= 0.6 is 0 Å². The van der Waals surface area contributed by atoms with Crippen LogP contribution in [0.5, 0.6) is 0 Å². The lowest BCUT2D eigenvalue weighted by Gasteiger charge is -2.14. The van der Waals surface area contributed by atoms with Gasteiger partial charge >= 0.3 is 0 Å². The fourth-order valence-electron chi connectivity index (χ4n) is 5.30. The molecule has 2 nitrogen and oxygen atoms in total. The van der Waals surface area contributed by atoms with E-state index < -0.39 is 0 Å². The Balaban J connectivity index is 1.63. The highest BCUT2D eigenvalue weighted by Gasteiger charge is 2.18. The maximum atomic E-state index is 2.41. The lowest BCUT2D eigenvalue weighted by atomic mass is 9.99. The summed E-state index contributed by atoms with van der Waals surface area (Å²) in [5.74, 6) is 0. The molecule has 0 fully saturated rings. The third-order valence-corrected chi connectivity index (χ3v) is 6.74. The third kappa shape index (κ3) is 2.76. The molecular weight excluding hydrogens is 412 g/mol. The smallest absolute Gasteiger partial charge is 0.0620 e. The molecule has 0 saturated heterocycles. The molecule has 0 aliphatic heterocycles. The molecule has 0 radical (unpaired) electrons. The average molecular weight is 435 g/mol. The third-order valence-electron chi connectivity index (χ3n) is 6.74. The van der Waals surface area contributed by atoms with Gasteiger partial charge in [0, 0.05) is 44.9 Å². The molecule has 0 bridgehead atoms. The van der Waals surface area contributed by atoms with Gasteiger partial charge in [-0.2, -0.15) is 0 Å². The van der Waals surface area contributed by atoms with Crippen LogP contribution in [0.2, 0.25) is 0 Å². The predicted molar refractivity (Wildman–Crippen MR) is 143 cm³/mol. The van der Waals surface area contributed by atoms with Crippen molar-refractivity contribution in [1.29, 1.82) is 0 Å². The first kappa shape index (κ1) is 19.0. The van der Waals surface area contributed by atoms with Gasteiger partial charge in [0.05, 0.1) is 16.6 Å². The Hall–Kier alpha value is -4.56. The summed E-state index contributed by atoms with van der Waals surface area (Å²) in [4.78, 5) is 0. The van der Waals surface area contributed by atoms with Crippen LogP contribution in [0.15, 0.2) is 134 Å². The number of aromatic nitrogens is 2. The highest BCUT2D eigenvalue weighted by molar-refractivity contribution is 6.15. The molecule has 0 unspecified atom stereocenters. The van der Waals surface area contributed by atoms with Gasteiger partial charge in [-0.1, -0.05) is 91.0 Å². The molecule has 2 aromatic heterocycles. The Bertz CT molecular complexity index is 1790. The van der Waals surface area contributed by atoms with E-state index in [-0.39, 0.29) is 0 Å². The second-order valence-corrected chi connectivity index (χ2v) is 8.65. The summed E-state index contributed by atoms with van der Waals surface area (Å²) in [5.41, 5.74) is 8.50. The van der Waals surface area contributed by atoms with Gasteiger partial charge in [0.1, 0.15) is 0 Å². The minimum atomic E-state index is 1.17.